The predicted octanol–water partition coefficient (Wildman–Crippen LogP) is 4.00. The molecule has 1 fully saturated rings. The van der Waals surface area contributed by atoms with Crippen LogP contribution in [-0.4, -0.2) is 41.9 Å². The van der Waals surface area contributed by atoms with E-state index < -0.39 is 0 Å². The molecule has 3 aromatic rings. The minimum atomic E-state index is -0.193. The van der Waals surface area contributed by atoms with Crippen LogP contribution in [0.25, 0.3) is 5.69 Å². The maximum Gasteiger partial charge on any atom is 0.191 e. The van der Waals surface area contributed by atoms with Crippen molar-refractivity contribution in [3.8, 4) is 5.69 Å². The van der Waals surface area contributed by atoms with Gasteiger partial charge in [-0.15, -0.1) is 0 Å². The molecular weight excluding hydrogens is 415 g/mol. The summed E-state index contributed by atoms with van der Waals surface area (Å²) in [5.74, 6) is 0.574. The summed E-state index contributed by atoms with van der Waals surface area (Å²) in [6.45, 7) is 2.38. The lowest BCUT2D eigenvalue weighted by Gasteiger charge is -2.34. The minimum absolute atomic E-state index is 0.193. The minimum Gasteiger partial charge on any atom is -0.371 e. The fourth-order valence-corrected chi connectivity index (χ4v) is 3.84. The van der Waals surface area contributed by atoms with E-state index in [9.17, 15) is 4.39 Å². The molecule has 2 aromatic carbocycles. The van der Waals surface area contributed by atoms with Gasteiger partial charge in [0.25, 0.3) is 0 Å². The van der Waals surface area contributed by atoms with Crippen molar-refractivity contribution in [3.63, 3.8) is 0 Å². The molecule has 0 saturated carbocycles. The van der Waals surface area contributed by atoms with Crippen molar-refractivity contribution in [1.82, 2.24) is 20.4 Å². The second kappa shape index (κ2) is 9.83. The average Bonchev–Trinajstić information content (AvgIpc) is 3.26. The largest absolute Gasteiger partial charge is 0.371 e. The molecule has 1 aromatic heterocycles. The number of aromatic nitrogens is 2. The maximum atomic E-state index is 13.5. The van der Waals surface area contributed by atoms with Crippen molar-refractivity contribution in [2.75, 3.05) is 25.0 Å². The van der Waals surface area contributed by atoms with E-state index in [4.69, 9.17) is 11.6 Å². The van der Waals surface area contributed by atoms with Crippen LogP contribution >= 0.6 is 11.6 Å². The summed E-state index contributed by atoms with van der Waals surface area (Å²) in [5.41, 5.74) is 2.96. The molecule has 2 N–H and O–H groups in total. The number of guanidine groups is 1. The molecule has 0 bridgehead atoms. The quantitative estimate of drug-likeness (QED) is 0.465. The summed E-state index contributed by atoms with van der Waals surface area (Å²) >= 11 is 5.95. The molecule has 0 radical (unpaired) electrons. The molecule has 1 aliphatic rings. The van der Waals surface area contributed by atoms with Gasteiger partial charge in [-0.2, -0.15) is 5.10 Å². The number of halogens is 2. The third-order valence-electron chi connectivity index (χ3n) is 5.42. The van der Waals surface area contributed by atoms with Gasteiger partial charge >= 0.3 is 0 Å². The fraction of sp³-hybridized carbons (Fsp3) is 0.304. The van der Waals surface area contributed by atoms with Crippen LogP contribution in [0.15, 0.2) is 65.9 Å². The van der Waals surface area contributed by atoms with E-state index in [1.54, 1.807) is 19.2 Å². The lowest BCUT2D eigenvalue weighted by molar-refractivity contribution is 0.461. The summed E-state index contributed by atoms with van der Waals surface area (Å²) < 4.78 is 15.3. The zero-order valence-electron chi connectivity index (χ0n) is 17.4. The van der Waals surface area contributed by atoms with Gasteiger partial charge in [-0.25, -0.2) is 9.07 Å². The lowest BCUT2D eigenvalue weighted by atomic mass is 10.0. The highest BCUT2D eigenvalue weighted by molar-refractivity contribution is 6.30. The van der Waals surface area contributed by atoms with Gasteiger partial charge in [0, 0.05) is 55.2 Å². The first-order valence-corrected chi connectivity index (χ1v) is 10.8. The van der Waals surface area contributed by atoms with E-state index in [2.05, 4.69) is 25.6 Å². The number of piperidine rings is 1. The van der Waals surface area contributed by atoms with Gasteiger partial charge in [-0.05, 0) is 55.3 Å². The van der Waals surface area contributed by atoms with E-state index in [-0.39, 0.29) is 5.82 Å². The zero-order chi connectivity index (χ0) is 21.6. The second-order valence-corrected chi connectivity index (χ2v) is 8.02. The molecule has 0 amide bonds. The van der Waals surface area contributed by atoms with Gasteiger partial charge in [0.05, 0.1) is 11.9 Å². The SMILES string of the molecule is CN=C(NCc1cnn(-c2ccc(Cl)cc2)c1)NC1CCN(c2cccc(F)c2)CC1. The molecule has 4 rings (SSSR count). The number of anilines is 1. The first kappa shape index (κ1) is 21.2. The summed E-state index contributed by atoms with van der Waals surface area (Å²) in [6.07, 6.45) is 5.75. The Morgan fingerprint density at radius 3 is 2.65 bits per heavy atom. The number of nitrogens with one attached hydrogen (secondary N) is 2. The molecule has 162 valence electrons. The van der Waals surface area contributed by atoms with Crippen molar-refractivity contribution >= 4 is 23.2 Å². The average molecular weight is 441 g/mol. The van der Waals surface area contributed by atoms with E-state index in [0.717, 1.165) is 48.8 Å². The van der Waals surface area contributed by atoms with Crippen molar-refractivity contribution in [1.29, 1.82) is 0 Å². The van der Waals surface area contributed by atoms with Gasteiger partial charge in [0.2, 0.25) is 0 Å². The smallest absolute Gasteiger partial charge is 0.191 e. The lowest BCUT2D eigenvalue weighted by Crippen LogP contribution is -2.48. The van der Waals surface area contributed by atoms with E-state index in [0.29, 0.717) is 17.6 Å². The molecule has 0 aliphatic carbocycles. The molecule has 6 nitrogen and oxygen atoms in total. The Morgan fingerprint density at radius 1 is 1.16 bits per heavy atom. The Balaban J connectivity index is 1.26. The van der Waals surface area contributed by atoms with Gasteiger partial charge in [0.15, 0.2) is 5.96 Å². The van der Waals surface area contributed by atoms with Crippen LogP contribution in [0.1, 0.15) is 18.4 Å². The predicted molar refractivity (Wildman–Crippen MR) is 124 cm³/mol. The third kappa shape index (κ3) is 5.55. The van der Waals surface area contributed by atoms with Crippen LogP contribution in [0.4, 0.5) is 10.1 Å². The van der Waals surface area contributed by atoms with Gasteiger partial charge in [-0.1, -0.05) is 17.7 Å². The Morgan fingerprint density at radius 2 is 1.94 bits per heavy atom. The number of hydrogen-bond donors (Lipinski definition) is 2. The molecule has 0 spiro atoms. The van der Waals surface area contributed by atoms with E-state index in [1.807, 2.05) is 47.4 Å². The standard InChI is InChI=1S/C23H26ClFN6/c1-26-23(27-14-17-15-28-31(16-17)21-7-5-18(24)6-8-21)29-20-9-11-30(12-10-20)22-4-2-3-19(25)13-22/h2-8,13,15-16,20H,9-12,14H2,1H3,(H2,26,27,29). The van der Waals surface area contributed by atoms with Crippen LogP contribution in [0.2, 0.25) is 5.02 Å². The third-order valence-corrected chi connectivity index (χ3v) is 5.67. The Kier molecular flexibility index (Phi) is 6.72. The van der Waals surface area contributed by atoms with Crippen LogP contribution in [0.3, 0.4) is 0 Å². The van der Waals surface area contributed by atoms with Crippen LogP contribution in [0.5, 0.6) is 0 Å². The Hall–Kier alpha value is -3.06. The topological polar surface area (TPSA) is 57.5 Å². The highest BCUT2D eigenvalue weighted by Crippen LogP contribution is 2.20. The molecule has 1 aliphatic heterocycles. The molecule has 0 atom stereocenters. The highest BCUT2D eigenvalue weighted by Gasteiger charge is 2.20. The fourth-order valence-electron chi connectivity index (χ4n) is 3.72. The monoisotopic (exact) mass is 440 g/mol. The van der Waals surface area contributed by atoms with Crippen molar-refractivity contribution in [2.45, 2.75) is 25.4 Å². The summed E-state index contributed by atoms with van der Waals surface area (Å²) in [6, 6.07) is 14.7. The van der Waals surface area contributed by atoms with E-state index in [1.165, 1.54) is 6.07 Å². The summed E-state index contributed by atoms with van der Waals surface area (Å²) in [7, 11) is 1.77. The van der Waals surface area contributed by atoms with Crippen molar-refractivity contribution in [2.24, 2.45) is 4.99 Å². The molecule has 2 heterocycles. The number of benzene rings is 2. The molecule has 1 saturated heterocycles. The first-order chi connectivity index (χ1) is 15.1. The van der Waals surface area contributed by atoms with Crippen LogP contribution in [-0.2, 0) is 6.54 Å². The summed E-state index contributed by atoms with van der Waals surface area (Å²) in [4.78, 5) is 6.57. The van der Waals surface area contributed by atoms with Crippen LogP contribution < -0.4 is 15.5 Å². The number of nitrogens with zero attached hydrogens (tertiary/aromatic N) is 4. The van der Waals surface area contributed by atoms with Gasteiger partial charge in [-0.3, -0.25) is 4.99 Å². The normalized spacial score (nSPS) is 15.2. The maximum absolute atomic E-state index is 13.5. The van der Waals surface area contributed by atoms with Crippen molar-refractivity contribution in [3.05, 3.63) is 77.3 Å². The Labute approximate surface area is 186 Å². The number of aliphatic imine (C=N–C) groups is 1. The highest BCUT2D eigenvalue weighted by atomic mass is 35.5. The van der Waals surface area contributed by atoms with Crippen LogP contribution in [0, 0.1) is 5.82 Å². The first-order valence-electron chi connectivity index (χ1n) is 10.4. The molecule has 0 unspecified atom stereocenters. The summed E-state index contributed by atoms with van der Waals surface area (Å²) in [5, 5.41) is 12.0. The van der Waals surface area contributed by atoms with E-state index >= 15 is 0 Å². The number of hydrogen-bond acceptors (Lipinski definition) is 3. The molecule has 8 heteroatoms. The van der Waals surface area contributed by atoms with Crippen molar-refractivity contribution < 1.29 is 4.39 Å². The van der Waals surface area contributed by atoms with Gasteiger partial charge < -0.3 is 15.5 Å². The van der Waals surface area contributed by atoms with Gasteiger partial charge in [0.1, 0.15) is 5.82 Å². The Bertz CT molecular complexity index is 1020. The second-order valence-electron chi connectivity index (χ2n) is 7.58. The molecule has 31 heavy (non-hydrogen) atoms. The molecular formula is C23H26ClFN6. The zero-order valence-corrected chi connectivity index (χ0v) is 18.2. The number of rotatable bonds is 5.